The van der Waals surface area contributed by atoms with Gasteiger partial charge in [0, 0.05) is 12.7 Å². The first-order valence-corrected chi connectivity index (χ1v) is 5.61. The molecule has 1 aromatic heterocycles. The summed E-state index contributed by atoms with van der Waals surface area (Å²) in [5, 5.41) is 6.83. The van der Waals surface area contributed by atoms with Crippen molar-refractivity contribution >= 4 is 0 Å². The van der Waals surface area contributed by atoms with Crippen molar-refractivity contribution in [2.24, 2.45) is 5.92 Å². The highest BCUT2D eigenvalue weighted by Gasteiger charge is 2.11. The van der Waals surface area contributed by atoms with Gasteiger partial charge in [0.05, 0.1) is 5.69 Å². The number of nitrogens with zero attached hydrogens (tertiary/aromatic N) is 2. The predicted molar refractivity (Wildman–Crippen MR) is 59.3 cm³/mol. The van der Waals surface area contributed by atoms with Gasteiger partial charge in [-0.15, -0.1) is 0 Å². The molecule has 0 amide bonds. The van der Waals surface area contributed by atoms with Crippen LogP contribution >= 0.6 is 0 Å². The molecule has 2 heterocycles. The van der Waals surface area contributed by atoms with Gasteiger partial charge in [-0.1, -0.05) is 0 Å². The van der Waals surface area contributed by atoms with E-state index in [1.165, 1.54) is 25.9 Å². The lowest BCUT2D eigenvalue weighted by atomic mass is 9.98. The van der Waals surface area contributed by atoms with Gasteiger partial charge in [0.1, 0.15) is 6.33 Å². The van der Waals surface area contributed by atoms with Crippen LogP contribution in [0, 0.1) is 5.92 Å². The van der Waals surface area contributed by atoms with E-state index in [1.54, 1.807) is 12.5 Å². The number of aromatic nitrogens is 2. The van der Waals surface area contributed by atoms with Gasteiger partial charge >= 0.3 is 0 Å². The fourth-order valence-electron chi connectivity index (χ4n) is 1.91. The zero-order valence-corrected chi connectivity index (χ0v) is 8.95. The standard InChI is InChI=1S/C11H18N4/c1-4-12-5-2-10(1)7-14-8-11-3-6-13-9-15-11/h3,6,9-10,12,14H,1-2,4-5,7-8H2. The van der Waals surface area contributed by atoms with Crippen LogP contribution in [-0.4, -0.2) is 29.6 Å². The second-order valence-electron chi connectivity index (χ2n) is 4.02. The highest BCUT2D eigenvalue weighted by atomic mass is 14.9. The summed E-state index contributed by atoms with van der Waals surface area (Å²) in [6, 6.07) is 1.95. The monoisotopic (exact) mass is 206 g/mol. The van der Waals surface area contributed by atoms with Crippen LogP contribution in [0.1, 0.15) is 18.5 Å². The van der Waals surface area contributed by atoms with E-state index in [-0.39, 0.29) is 0 Å². The molecular formula is C11H18N4. The van der Waals surface area contributed by atoms with Crippen molar-refractivity contribution in [2.75, 3.05) is 19.6 Å². The third kappa shape index (κ3) is 3.57. The molecule has 4 heteroatoms. The van der Waals surface area contributed by atoms with E-state index in [0.29, 0.717) is 0 Å². The van der Waals surface area contributed by atoms with Crippen molar-refractivity contribution in [3.05, 3.63) is 24.3 Å². The fraction of sp³-hybridized carbons (Fsp3) is 0.636. The van der Waals surface area contributed by atoms with E-state index >= 15 is 0 Å². The number of nitrogens with one attached hydrogen (secondary N) is 2. The van der Waals surface area contributed by atoms with Gasteiger partial charge in [-0.3, -0.25) is 0 Å². The molecule has 0 atom stereocenters. The quantitative estimate of drug-likeness (QED) is 0.756. The number of piperidine rings is 1. The average molecular weight is 206 g/mol. The van der Waals surface area contributed by atoms with Crippen LogP contribution in [-0.2, 0) is 6.54 Å². The lowest BCUT2D eigenvalue weighted by molar-refractivity contribution is 0.356. The molecular weight excluding hydrogens is 188 g/mol. The van der Waals surface area contributed by atoms with Gasteiger partial charge in [0.15, 0.2) is 0 Å². The predicted octanol–water partition coefficient (Wildman–Crippen LogP) is 0.566. The van der Waals surface area contributed by atoms with Crippen molar-refractivity contribution in [1.29, 1.82) is 0 Å². The van der Waals surface area contributed by atoms with Gasteiger partial charge < -0.3 is 10.6 Å². The zero-order valence-electron chi connectivity index (χ0n) is 8.95. The summed E-state index contributed by atoms with van der Waals surface area (Å²) >= 11 is 0. The Labute approximate surface area is 90.5 Å². The number of hydrogen-bond acceptors (Lipinski definition) is 4. The minimum Gasteiger partial charge on any atom is -0.317 e. The van der Waals surface area contributed by atoms with Gasteiger partial charge in [-0.05, 0) is 44.5 Å². The Balaban J connectivity index is 1.66. The number of rotatable bonds is 4. The van der Waals surface area contributed by atoms with Gasteiger partial charge in [-0.25, -0.2) is 9.97 Å². The molecule has 1 fully saturated rings. The lowest BCUT2D eigenvalue weighted by Crippen LogP contribution is -2.33. The maximum atomic E-state index is 4.18. The van der Waals surface area contributed by atoms with Crippen LogP contribution < -0.4 is 10.6 Å². The molecule has 0 aromatic carbocycles. The van der Waals surface area contributed by atoms with E-state index in [1.807, 2.05) is 6.07 Å². The molecule has 0 unspecified atom stereocenters. The third-order valence-electron chi connectivity index (χ3n) is 2.84. The minimum atomic E-state index is 0.827. The first-order valence-electron chi connectivity index (χ1n) is 5.61. The van der Waals surface area contributed by atoms with Crippen LogP contribution in [0.4, 0.5) is 0 Å². The van der Waals surface area contributed by atoms with Gasteiger partial charge in [-0.2, -0.15) is 0 Å². The van der Waals surface area contributed by atoms with E-state index in [4.69, 9.17) is 0 Å². The molecule has 2 N–H and O–H groups in total. The summed E-state index contributed by atoms with van der Waals surface area (Å²) < 4.78 is 0. The first kappa shape index (κ1) is 10.5. The van der Waals surface area contributed by atoms with Crippen LogP contribution in [0.2, 0.25) is 0 Å². The van der Waals surface area contributed by atoms with Crippen LogP contribution in [0.5, 0.6) is 0 Å². The molecule has 2 rings (SSSR count). The van der Waals surface area contributed by atoms with Crippen LogP contribution in [0.15, 0.2) is 18.6 Å². The van der Waals surface area contributed by atoms with E-state index in [0.717, 1.165) is 24.7 Å². The smallest absolute Gasteiger partial charge is 0.115 e. The lowest BCUT2D eigenvalue weighted by Gasteiger charge is -2.22. The summed E-state index contributed by atoms with van der Waals surface area (Å²) in [5.74, 6) is 0.827. The second kappa shape index (κ2) is 5.78. The Morgan fingerprint density at radius 2 is 2.27 bits per heavy atom. The molecule has 0 saturated carbocycles. The van der Waals surface area contributed by atoms with Crippen molar-refractivity contribution < 1.29 is 0 Å². The molecule has 1 aliphatic heterocycles. The molecule has 4 nitrogen and oxygen atoms in total. The van der Waals surface area contributed by atoms with Crippen molar-refractivity contribution in [2.45, 2.75) is 19.4 Å². The van der Waals surface area contributed by atoms with Crippen molar-refractivity contribution in [3.63, 3.8) is 0 Å². The normalized spacial score (nSPS) is 17.9. The summed E-state index contributed by atoms with van der Waals surface area (Å²) in [4.78, 5) is 8.07. The molecule has 15 heavy (non-hydrogen) atoms. The Bertz CT molecular complexity index is 269. The minimum absolute atomic E-state index is 0.827. The Morgan fingerprint density at radius 1 is 1.40 bits per heavy atom. The maximum absolute atomic E-state index is 4.18. The van der Waals surface area contributed by atoms with Crippen molar-refractivity contribution in [1.82, 2.24) is 20.6 Å². The molecule has 0 bridgehead atoms. The van der Waals surface area contributed by atoms with Gasteiger partial charge in [0.2, 0.25) is 0 Å². The highest BCUT2D eigenvalue weighted by molar-refractivity contribution is 4.96. The topological polar surface area (TPSA) is 49.8 Å². The number of hydrogen-bond donors (Lipinski definition) is 2. The maximum Gasteiger partial charge on any atom is 0.115 e. The summed E-state index contributed by atoms with van der Waals surface area (Å²) in [5.41, 5.74) is 1.07. The van der Waals surface area contributed by atoms with E-state index in [9.17, 15) is 0 Å². The molecule has 0 aliphatic carbocycles. The van der Waals surface area contributed by atoms with Crippen LogP contribution in [0.3, 0.4) is 0 Å². The second-order valence-corrected chi connectivity index (χ2v) is 4.02. The molecule has 0 spiro atoms. The average Bonchev–Trinajstić information content (AvgIpc) is 2.32. The van der Waals surface area contributed by atoms with E-state index < -0.39 is 0 Å². The highest BCUT2D eigenvalue weighted by Crippen LogP contribution is 2.09. The summed E-state index contributed by atoms with van der Waals surface area (Å²) in [6.45, 7) is 4.29. The Morgan fingerprint density at radius 3 is 3.00 bits per heavy atom. The van der Waals surface area contributed by atoms with Gasteiger partial charge in [0.25, 0.3) is 0 Å². The molecule has 82 valence electrons. The Kier molecular flexibility index (Phi) is 4.05. The molecule has 1 saturated heterocycles. The molecule has 1 aliphatic rings. The zero-order chi connectivity index (χ0) is 10.3. The molecule has 0 radical (unpaired) electrons. The summed E-state index contributed by atoms with van der Waals surface area (Å²) in [6.07, 6.45) is 5.96. The largest absolute Gasteiger partial charge is 0.317 e. The van der Waals surface area contributed by atoms with E-state index in [2.05, 4.69) is 20.6 Å². The first-order chi connectivity index (χ1) is 7.45. The van der Waals surface area contributed by atoms with Crippen molar-refractivity contribution in [3.8, 4) is 0 Å². The third-order valence-corrected chi connectivity index (χ3v) is 2.84. The SMILES string of the molecule is c1cc(CNCC2CCNCC2)ncn1. The fourth-order valence-corrected chi connectivity index (χ4v) is 1.91. The van der Waals surface area contributed by atoms with Crippen LogP contribution in [0.25, 0.3) is 0 Å². The summed E-state index contributed by atoms with van der Waals surface area (Å²) in [7, 11) is 0. The Hall–Kier alpha value is -1.00. The molecule has 1 aromatic rings.